The second kappa shape index (κ2) is 16.6. The number of nitrogens with two attached hydrogens (primary N) is 2. The predicted octanol–water partition coefficient (Wildman–Crippen LogP) is 4.51. The van der Waals surface area contributed by atoms with Crippen LogP contribution in [-0.2, 0) is 24.5 Å². The third-order valence-corrected chi connectivity index (χ3v) is 7.70. The first-order valence-electron chi connectivity index (χ1n) is 15.6. The van der Waals surface area contributed by atoms with E-state index in [1.807, 2.05) is 73.8 Å². The number of rotatable bonds is 14. The Hall–Kier alpha value is -4.61. The van der Waals surface area contributed by atoms with E-state index in [2.05, 4.69) is 67.6 Å². The van der Waals surface area contributed by atoms with Crippen molar-refractivity contribution in [1.29, 1.82) is 0 Å². The average Bonchev–Trinajstić information content (AvgIpc) is 3.67. The normalized spacial score (nSPS) is 15.3. The summed E-state index contributed by atoms with van der Waals surface area (Å²) in [5, 5.41) is 17.2. The summed E-state index contributed by atoms with van der Waals surface area (Å²) < 4.78 is 11.8. The minimum absolute atomic E-state index is 0.117. The number of fused-ring (bicyclic) bond motifs is 2. The number of aromatic nitrogens is 2. The third kappa shape index (κ3) is 9.21. The Bertz CT molecular complexity index is 1660. The zero-order valence-corrected chi connectivity index (χ0v) is 26.7. The molecule has 1 aromatic heterocycles. The number of nitrogens with one attached hydrogen (secondary N) is 1. The van der Waals surface area contributed by atoms with Crippen LogP contribution in [0, 0.1) is 5.92 Å². The molecule has 4 aromatic rings. The van der Waals surface area contributed by atoms with E-state index in [1.54, 1.807) is 0 Å². The van der Waals surface area contributed by atoms with E-state index in [1.165, 1.54) is 0 Å². The van der Waals surface area contributed by atoms with E-state index in [0.29, 0.717) is 26.3 Å². The third-order valence-electron chi connectivity index (χ3n) is 7.70. The van der Waals surface area contributed by atoms with Gasteiger partial charge in [0.2, 0.25) is 0 Å². The van der Waals surface area contributed by atoms with Crippen LogP contribution in [0.15, 0.2) is 113 Å². The quantitative estimate of drug-likeness (QED) is 0.189. The molecule has 0 saturated heterocycles. The first-order valence-corrected chi connectivity index (χ1v) is 15.6. The predicted molar refractivity (Wildman–Crippen MR) is 186 cm³/mol. The maximum absolute atomic E-state index is 5.91. The summed E-state index contributed by atoms with van der Waals surface area (Å²) in [4.78, 5) is 4.33. The fraction of sp³-hybridized carbons (Fsp3) is 0.306. The number of nitrogens with zero attached hydrogens (tertiary/aromatic N) is 5. The Morgan fingerprint density at radius 3 is 2.09 bits per heavy atom. The van der Waals surface area contributed by atoms with Crippen LogP contribution >= 0.6 is 0 Å². The van der Waals surface area contributed by atoms with Gasteiger partial charge in [0.15, 0.2) is 0 Å². The van der Waals surface area contributed by atoms with Crippen molar-refractivity contribution < 1.29 is 9.47 Å². The van der Waals surface area contributed by atoms with Gasteiger partial charge in [0.1, 0.15) is 24.7 Å². The SMILES string of the molecule is CN(CCN)CC1=NN=C2C=CC(OCc3ccccc3)=CC21.CN(CCN)Cc1[nH]nc2ccc(OCc3ccccc3)cc12. The fourth-order valence-electron chi connectivity index (χ4n) is 5.23. The average molecular weight is 621 g/mol. The lowest BCUT2D eigenvalue weighted by molar-refractivity contribution is 0.209. The lowest BCUT2D eigenvalue weighted by Crippen LogP contribution is -2.34. The number of likely N-dealkylation sites (N-methyl/N-ethyl adjacent to an activating group) is 2. The van der Waals surface area contributed by atoms with Gasteiger partial charge in [-0.1, -0.05) is 60.7 Å². The minimum atomic E-state index is 0.117. The number of benzene rings is 3. The Morgan fingerprint density at radius 2 is 1.41 bits per heavy atom. The molecule has 0 bridgehead atoms. The molecule has 2 aliphatic rings. The molecule has 10 heteroatoms. The van der Waals surface area contributed by atoms with Crippen molar-refractivity contribution in [2.75, 3.05) is 46.8 Å². The molecule has 5 N–H and O–H groups in total. The summed E-state index contributed by atoms with van der Waals surface area (Å²) >= 11 is 0. The summed E-state index contributed by atoms with van der Waals surface area (Å²) in [5.41, 5.74) is 17.6. The summed E-state index contributed by atoms with van der Waals surface area (Å²) in [5.74, 6) is 1.84. The maximum atomic E-state index is 5.91. The van der Waals surface area contributed by atoms with E-state index in [4.69, 9.17) is 20.9 Å². The molecule has 2 heterocycles. The monoisotopic (exact) mass is 620 g/mol. The Morgan fingerprint density at radius 1 is 0.761 bits per heavy atom. The number of allylic oxidation sites excluding steroid dienone is 3. The van der Waals surface area contributed by atoms with Gasteiger partial charge in [-0.25, -0.2) is 0 Å². The Labute approximate surface area is 271 Å². The van der Waals surface area contributed by atoms with Crippen molar-refractivity contribution in [2.45, 2.75) is 19.8 Å². The van der Waals surface area contributed by atoms with E-state index >= 15 is 0 Å². The number of H-pyrrole nitrogens is 1. The van der Waals surface area contributed by atoms with Crippen molar-refractivity contribution in [3.8, 4) is 5.75 Å². The number of aromatic amines is 1. The highest BCUT2D eigenvalue weighted by Gasteiger charge is 2.27. The standard InChI is InChI=1S/2C18H22N4O/c2*1-22(10-9-19)12-18-16-11-15(7-8-17(16)20-21-18)23-13-14-5-3-2-4-6-14/h2-8,11H,9-10,12-13,19H2,1H3,(H,20,21);2-8,11,16H,9-10,12-13,19H2,1H3. The van der Waals surface area contributed by atoms with Crippen LogP contribution in [0.1, 0.15) is 16.8 Å². The molecule has 46 heavy (non-hydrogen) atoms. The molecular formula is C36H44N8O2. The van der Waals surface area contributed by atoms with Crippen molar-refractivity contribution in [2.24, 2.45) is 27.6 Å². The second-order valence-electron chi connectivity index (χ2n) is 11.5. The summed E-state index contributed by atoms with van der Waals surface area (Å²) in [6.45, 7) is 5.67. The van der Waals surface area contributed by atoms with E-state index < -0.39 is 0 Å². The maximum Gasteiger partial charge on any atom is 0.120 e. The van der Waals surface area contributed by atoms with Gasteiger partial charge in [-0.15, -0.1) is 0 Å². The van der Waals surface area contributed by atoms with Crippen molar-refractivity contribution in [3.63, 3.8) is 0 Å². The van der Waals surface area contributed by atoms with Gasteiger partial charge in [0.05, 0.1) is 28.6 Å². The van der Waals surface area contributed by atoms with Gasteiger partial charge in [0, 0.05) is 44.7 Å². The van der Waals surface area contributed by atoms with Crippen LogP contribution in [-0.4, -0.2) is 78.2 Å². The van der Waals surface area contributed by atoms with Crippen molar-refractivity contribution >= 4 is 22.3 Å². The summed E-state index contributed by atoms with van der Waals surface area (Å²) in [6, 6.07) is 26.3. The van der Waals surface area contributed by atoms with Crippen LogP contribution in [0.3, 0.4) is 0 Å². The topological polar surface area (TPSA) is 130 Å². The van der Waals surface area contributed by atoms with Gasteiger partial charge in [0.25, 0.3) is 0 Å². The molecular weight excluding hydrogens is 576 g/mol. The molecule has 0 spiro atoms. The zero-order valence-electron chi connectivity index (χ0n) is 26.7. The largest absolute Gasteiger partial charge is 0.489 e. The van der Waals surface area contributed by atoms with Gasteiger partial charge in [-0.3, -0.25) is 14.9 Å². The van der Waals surface area contributed by atoms with Crippen LogP contribution < -0.4 is 16.2 Å². The minimum Gasteiger partial charge on any atom is -0.489 e. The molecule has 6 rings (SSSR count). The second-order valence-corrected chi connectivity index (χ2v) is 11.5. The van der Waals surface area contributed by atoms with Crippen LogP contribution in [0.25, 0.3) is 10.9 Å². The molecule has 240 valence electrons. The highest BCUT2D eigenvalue weighted by Crippen LogP contribution is 2.25. The van der Waals surface area contributed by atoms with Crippen molar-refractivity contribution in [3.05, 3.63) is 120 Å². The number of ether oxygens (including phenoxy) is 2. The lowest BCUT2D eigenvalue weighted by Gasteiger charge is -2.20. The molecule has 1 atom stereocenters. The highest BCUT2D eigenvalue weighted by atomic mass is 16.5. The van der Waals surface area contributed by atoms with Crippen LogP contribution in [0.5, 0.6) is 5.75 Å². The number of hydrogen-bond acceptors (Lipinski definition) is 9. The molecule has 0 amide bonds. The first kappa shape index (κ1) is 32.8. The lowest BCUT2D eigenvalue weighted by atomic mass is 9.93. The summed E-state index contributed by atoms with van der Waals surface area (Å²) in [6.07, 6.45) is 6.05. The smallest absolute Gasteiger partial charge is 0.120 e. The number of hydrogen-bond donors (Lipinski definition) is 3. The van der Waals surface area contributed by atoms with E-state index in [9.17, 15) is 0 Å². The molecule has 3 aromatic carbocycles. The van der Waals surface area contributed by atoms with Crippen molar-refractivity contribution in [1.82, 2.24) is 20.0 Å². The van der Waals surface area contributed by atoms with Crippen LogP contribution in [0.2, 0.25) is 0 Å². The highest BCUT2D eigenvalue weighted by molar-refractivity contribution is 6.17. The van der Waals surface area contributed by atoms with Gasteiger partial charge in [-0.2, -0.15) is 15.3 Å². The molecule has 1 aliphatic heterocycles. The molecule has 0 radical (unpaired) electrons. The zero-order chi connectivity index (χ0) is 32.1. The molecule has 10 nitrogen and oxygen atoms in total. The molecule has 0 saturated carbocycles. The molecule has 0 fully saturated rings. The van der Waals surface area contributed by atoms with Crippen LogP contribution in [0.4, 0.5) is 0 Å². The van der Waals surface area contributed by atoms with E-state index in [0.717, 1.165) is 76.8 Å². The van der Waals surface area contributed by atoms with Gasteiger partial charge < -0.3 is 20.9 Å². The molecule has 1 aliphatic carbocycles. The van der Waals surface area contributed by atoms with E-state index in [-0.39, 0.29) is 5.92 Å². The fourth-order valence-corrected chi connectivity index (χ4v) is 5.23. The Kier molecular flexibility index (Phi) is 11.8. The van der Waals surface area contributed by atoms with Gasteiger partial charge >= 0.3 is 0 Å². The summed E-state index contributed by atoms with van der Waals surface area (Å²) in [7, 11) is 4.10. The Balaban J connectivity index is 0.000000181. The first-order chi connectivity index (χ1) is 22.5. The van der Waals surface area contributed by atoms with Gasteiger partial charge in [-0.05, 0) is 61.6 Å². The molecule has 1 unspecified atom stereocenters.